The molecule has 14 nitrogen and oxygen atoms in total. The van der Waals surface area contributed by atoms with E-state index in [9.17, 15) is 38.7 Å². The zero-order valence-electron chi connectivity index (χ0n) is 30.1. The number of carbonyl (C=O) groups is 7. The molecule has 4 aliphatic rings. The molecule has 0 aromatic heterocycles. The molecule has 0 amide bonds. The van der Waals surface area contributed by atoms with Crippen LogP contribution in [0.4, 0.5) is 0 Å². The van der Waals surface area contributed by atoms with Crippen molar-refractivity contribution >= 4 is 41.6 Å². The number of ether oxygens (including phenoxy) is 6. The van der Waals surface area contributed by atoms with E-state index in [0.29, 0.717) is 0 Å². The van der Waals surface area contributed by atoms with Crippen LogP contribution in [0.3, 0.4) is 0 Å². The summed E-state index contributed by atoms with van der Waals surface area (Å²) in [6, 6.07) is 8.03. The lowest BCUT2D eigenvalue weighted by Gasteiger charge is -2.58. The van der Waals surface area contributed by atoms with E-state index in [1.165, 1.54) is 12.1 Å². The van der Waals surface area contributed by atoms with Crippen LogP contribution in [0.5, 0.6) is 0 Å². The highest BCUT2D eigenvalue weighted by atomic mass is 16.6. The molecule has 278 valence electrons. The minimum atomic E-state index is -2.22. The van der Waals surface area contributed by atoms with Gasteiger partial charge in [-0.05, 0) is 36.8 Å². The SMILES string of the molecule is CC(=O)OCC(=O)O[C@@H]1[C@H]2[C@@H](OC(=O)c3ccccc3)[C@@H](C)C[C@]2(O)[C@H](OC(C)=O)[C@]2(C)[C@H]3CC(C)(C)C(=O)[C@@H]3C[C@@]1(OC(C)=O)[C@@H]2OC(C)=O. The van der Waals surface area contributed by atoms with Crippen molar-refractivity contribution in [1.29, 1.82) is 0 Å². The molecule has 0 aliphatic heterocycles. The number of carbonyl (C=O) groups excluding carboxylic acids is 7. The highest BCUT2D eigenvalue weighted by Gasteiger charge is 2.82. The second-order valence-corrected chi connectivity index (χ2v) is 15.4. The maximum atomic E-state index is 14.2. The normalized spacial score (nSPS) is 37.5. The summed E-state index contributed by atoms with van der Waals surface area (Å²) in [5, 5.41) is 13.2. The van der Waals surface area contributed by atoms with Gasteiger partial charge in [-0.25, -0.2) is 9.59 Å². The van der Waals surface area contributed by atoms with Gasteiger partial charge >= 0.3 is 35.8 Å². The lowest BCUT2D eigenvalue weighted by atomic mass is 9.53. The topological polar surface area (TPSA) is 195 Å². The number of benzene rings is 1. The van der Waals surface area contributed by atoms with Gasteiger partial charge in [0.1, 0.15) is 23.6 Å². The molecule has 1 aromatic rings. The number of rotatable bonds is 8. The molecule has 0 unspecified atom stereocenters. The van der Waals surface area contributed by atoms with Crippen LogP contribution in [0.25, 0.3) is 0 Å². The lowest BCUT2D eigenvalue weighted by molar-refractivity contribution is -0.269. The number of aliphatic hydroxyl groups is 1. The van der Waals surface area contributed by atoms with Crippen LogP contribution < -0.4 is 0 Å². The van der Waals surface area contributed by atoms with E-state index in [4.69, 9.17) is 28.4 Å². The predicted molar refractivity (Wildman–Crippen MR) is 173 cm³/mol. The van der Waals surface area contributed by atoms with Crippen molar-refractivity contribution in [1.82, 2.24) is 0 Å². The first-order chi connectivity index (χ1) is 23.7. The molecule has 0 heterocycles. The van der Waals surface area contributed by atoms with Crippen LogP contribution in [0, 0.1) is 34.5 Å². The van der Waals surface area contributed by atoms with Gasteiger partial charge in [0.05, 0.1) is 16.9 Å². The summed E-state index contributed by atoms with van der Waals surface area (Å²) in [5.74, 6) is -9.32. The van der Waals surface area contributed by atoms with Crippen molar-refractivity contribution < 1.29 is 67.1 Å². The first-order valence-electron chi connectivity index (χ1n) is 17.1. The van der Waals surface area contributed by atoms with Gasteiger partial charge in [-0.15, -0.1) is 0 Å². The standard InChI is InChI=1S/C37H46O14/c1-18-14-36(45)27(28(18)50-31(44)23-12-10-9-11-13-23)30(49-26(42)17-46-19(2)38)37(51-22(5)41)15-24-25(16-34(6,7)29(24)43)35(8,32(36)47-20(3)39)33(37)48-21(4)40/h9-13,18,24-25,27-28,30,32-33,45H,14-17H2,1-8H3/t18-,24+,25-,27+,28-,30+,32+,33+,35-,36+,37-/m0/s1. The summed E-state index contributed by atoms with van der Waals surface area (Å²) in [7, 11) is 0. The summed E-state index contributed by atoms with van der Waals surface area (Å²) in [4.78, 5) is 92.6. The van der Waals surface area contributed by atoms with Gasteiger partial charge in [0.25, 0.3) is 0 Å². The molecule has 1 N–H and O–H groups in total. The van der Waals surface area contributed by atoms with Crippen LogP contribution in [0.1, 0.15) is 85.0 Å². The predicted octanol–water partition coefficient (Wildman–Crippen LogP) is 2.89. The fourth-order valence-corrected chi connectivity index (χ4v) is 9.77. The summed E-state index contributed by atoms with van der Waals surface area (Å²) >= 11 is 0. The third-order valence-corrected chi connectivity index (χ3v) is 11.3. The minimum Gasteiger partial charge on any atom is -0.459 e. The molecule has 4 saturated carbocycles. The van der Waals surface area contributed by atoms with E-state index < -0.39 is 113 Å². The van der Waals surface area contributed by atoms with Crippen molar-refractivity contribution in [3.05, 3.63) is 35.9 Å². The van der Waals surface area contributed by atoms with Crippen molar-refractivity contribution in [3.63, 3.8) is 0 Å². The number of esters is 6. The van der Waals surface area contributed by atoms with Gasteiger partial charge < -0.3 is 33.5 Å². The largest absolute Gasteiger partial charge is 0.459 e. The van der Waals surface area contributed by atoms with Gasteiger partial charge in [0.2, 0.25) is 0 Å². The van der Waals surface area contributed by atoms with E-state index in [1.807, 2.05) is 0 Å². The molecule has 0 radical (unpaired) electrons. The number of ketones is 1. The first-order valence-corrected chi connectivity index (χ1v) is 17.1. The number of fused-ring (bicyclic) bond motifs is 5. The Kier molecular flexibility index (Phi) is 9.91. The Labute approximate surface area is 295 Å². The van der Waals surface area contributed by atoms with E-state index in [2.05, 4.69) is 0 Å². The Morgan fingerprint density at radius 3 is 1.96 bits per heavy atom. The maximum absolute atomic E-state index is 14.2. The van der Waals surface area contributed by atoms with Crippen molar-refractivity contribution in [2.75, 3.05) is 6.61 Å². The fraction of sp³-hybridized carbons (Fsp3) is 0.649. The van der Waals surface area contributed by atoms with Gasteiger partial charge in [0.15, 0.2) is 24.4 Å². The Morgan fingerprint density at radius 1 is 0.784 bits per heavy atom. The summed E-state index contributed by atoms with van der Waals surface area (Å²) in [5.41, 5.74) is -6.86. The van der Waals surface area contributed by atoms with E-state index in [1.54, 1.807) is 45.9 Å². The highest BCUT2D eigenvalue weighted by Crippen LogP contribution is 2.69. The van der Waals surface area contributed by atoms with Crippen LogP contribution in [0.2, 0.25) is 0 Å². The van der Waals surface area contributed by atoms with Gasteiger partial charge in [0, 0.05) is 45.4 Å². The summed E-state index contributed by atoms with van der Waals surface area (Å²) in [6.45, 7) is 10.4. The van der Waals surface area contributed by atoms with Crippen LogP contribution in [-0.4, -0.2) is 88.9 Å². The second-order valence-electron chi connectivity index (χ2n) is 15.4. The average molecular weight is 715 g/mol. The lowest BCUT2D eigenvalue weighted by Crippen LogP contribution is -2.70. The highest BCUT2D eigenvalue weighted by molar-refractivity contribution is 5.90. The Balaban J connectivity index is 1.85. The van der Waals surface area contributed by atoms with Gasteiger partial charge in [-0.2, -0.15) is 0 Å². The Morgan fingerprint density at radius 2 is 1.39 bits per heavy atom. The zero-order chi connectivity index (χ0) is 37.8. The quantitative estimate of drug-likeness (QED) is 0.305. The molecule has 51 heavy (non-hydrogen) atoms. The molecular weight excluding hydrogens is 668 g/mol. The number of hydrogen-bond acceptors (Lipinski definition) is 14. The molecule has 2 bridgehead atoms. The molecular formula is C37H46O14. The summed E-state index contributed by atoms with van der Waals surface area (Å²) in [6.07, 6.45) is -6.55. The fourth-order valence-electron chi connectivity index (χ4n) is 9.77. The third kappa shape index (κ3) is 6.40. The molecule has 4 fully saturated rings. The number of Topliss-reactive ketones (excluding diaryl/α,β-unsaturated/α-hetero) is 1. The Bertz CT molecular complexity index is 1620. The molecule has 11 atom stereocenters. The molecule has 5 rings (SSSR count). The summed E-state index contributed by atoms with van der Waals surface area (Å²) < 4.78 is 35.5. The molecule has 14 heteroatoms. The third-order valence-electron chi connectivity index (χ3n) is 11.3. The molecule has 1 aromatic carbocycles. The second kappa shape index (κ2) is 13.3. The Hall–Kier alpha value is -4.33. The van der Waals surface area contributed by atoms with Crippen molar-refractivity contribution in [3.8, 4) is 0 Å². The van der Waals surface area contributed by atoms with Crippen molar-refractivity contribution in [2.45, 2.75) is 110 Å². The zero-order valence-corrected chi connectivity index (χ0v) is 30.1. The molecule has 0 saturated heterocycles. The van der Waals surface area contributed by atoms with Gasteiger partial charge in [-0.1, -0.05) is 45.9 Å². The van der Waals surface area contributed by atoms with E-state index >= 15 is 0 Å². The minimum absolute atomic E-state index is 0.175. The first kappa shape index (κ1) is 37.9. The van der Waals surface area contributed by atoms with E-state index in [0.717, 1.165) is 27.7 Å². The van der Waals surface area contributed by atoms with Crippen LogP contribution in [-0.2, 0) is 57.2 Å². The number of hydrogen-bond donors (Lipinski definition) is 1. The average Bonchev–Trinajstić information content (AvgIpc) is 3.41. The maximum Gasteiger partial charge on any atom is 0.344 e. The van der Waals surface area contributed by atoms with E-state index in [-0.39, 0.29) is 30.6 Å². The molecule has 0 spiro atoms. The van der Waals surface area contributed by atoms with Crippen LogP contribution >= 0.6 is 0 Å². The smallest absolute Gasteiger partial charge is 0.344 e. The van der Waals surface area contributed by atoms with Crippen LogP contribution in [0.15, 0.2) is 30.3 Å². The molecule has 4 aliphatic carbocycles. The monoisotopic (exact) mass is 714 g/mol. The van der Waals surface area contributed by atoms with Gasteiger partial charge in [-0.3, -0.25) is 24.0 Å². The van der Waals surface area contributed by atoms with Crippen molar-refractivity contribution in [2.24, 2.45) is 34.5 Å².